The van der Waals surface area contributed by atoms with E-state index in [1.54, 1.807) is 0 Å². The van der Waals surface area contributed by atoms with Gasteiger partial charge in [-0.05, 0) is 12.1 Å². The van der Waals surface area contributed by atoms with Crippen LogP contribution in [0, 0.1) is 0 Å². The van der Waals surface area contributed by atoms with Crippen molar-refractivity contribution in [1.82, 2.24) is 0 Å². The van der Waals surface area contributed by atoms with Crippen LogP contribution in [0.25, 0.3) is 0 Å². The molecule has 2 atom stereocenters. The van der Waals surface area contributed by atoms with Gasteiger partial charge < -0.3 is 0 Å². The molecular weight excluding hydrogens is 272 g/mol. The molecule has 0 N–H and O–H groups in total. The Morgan fingerprint density at radius 1 is 0.938 bits per heavy atom. The maximum absolute atomic E-state index is 2.28. The third-order valence-corrected chi connectivity index (χ3v) is 7.47. The van der Waals surface area contributed by atoms with Gasteiger partial charge >= 0.3 is 0 Å². The van der Waals surface area contributed by atoms with E-state index in [4.69, 9.17) is 0 Å². The molecule has 2 fully saturated rings. The minimum Gasteiger partial charge on any atom is -0.156 e. The summed E-state index contributed by atoms with van der Waals surface area (Å²) in [7, 11) is 0. The lowest BCUT2D eigenvalue weighted by Gasteiger charge is -2.07. The van der Waals surface area contributed by atoms with Crippen LogP contribution < -0.4 is 0 Å². The zero-order chi connectivity index (χ0) is 10.8. The van der Waals surface area contributed by atoms with E-state index in [1.807, 2.05) is 23.5 Å². The highest BCUT2D eigenvalue weighted by atomic mass is 32.2. The van der Waals surface area contributed by atoms with Gasteiger partial charge in [-0.15, -0.1) is 23.5 Å². The maximum Gasteiger partial charge on any atom is 0.0232 e. The average Bonchev–Trinajstić information content (AvgIpc) is 3.17. The highest BCUT2D eigenvalue weighted by Gasteiger charge is 2.24. The van der Waals surface area contributed by atoms with Crippen LogP contribution in [0.4, 0.5) is 0 Å². The molecule has 0 bridgehead atoms. The van der Waals surface area contributed by atoms with Gasteiger partial charge in [0.2, 0.25) is 0 Å². The van der Waals surface area contributed by atoms with Gasteiger partial charge in [-0.1, -0.05) is 12.1 Å². The highest BCUT2D eigenvalue weighted by Crippen LogP contribution is 2.40. The Hall–Kier alpha value is 0.620. The predicted molar refractivity (Wildman–Crippen MR) is 80.4 cm³/mol. The zero-order valence-corrected chi connectivity index (χ0v) is 12.2. The van der Waals surface area contributed by atoms with E-state index in [1.165, 1.54) is 32.8 Å². The summed E-state index contributed by atoms with van der Waals surface area (Å²) < 4.78 is 0. The van der Waals surface area contributed by atoms with Gasteiger partial charge in [-0.2, -0.15) is 23.5 Å². The second kappa shape index (κ2) is 5.51. The van der Waals surface area contributed by atoms with Crippen molar-refractivity contribution in [3.8, 4) is 0 Å². The Bertz CT molecular complexity index is 323. The fourth-order valence-corrected chi connectivity index (χ4v) is 5.46. The molecule has 16 heavy (non-hydrogen) atoms. The smallest absolute Gasteiger partial charge is 0.0232 e. The first-order valence-corrected chi connectivity index (χ1v) is 9.56. The molecule has 1 aromatic carbocycles. The van der Waals surface area contributed by atoms with Crippen LogP contribution in [0.5, 0.6) is 0 Å². The van der Waals surface area contributed by atoms with Crippen LogP contribution in [-0.4, -0.2) is 33.5 Å². The highest BCUT2D eigenvalue weighted by molar-refractivity contribution is 8.09. The zero-order valence-electron chi connectivity index (χ0n) is 8.93. The summed E-state index contributed by atoms with van der Waals surface area (Å²) in [6, 6.07) is 8.89. The lowest BCUT2D eigenvalue weighted by atomic mass is 10.4. The minimum absolute atomic E-state index is 0.932. The van der Waals surface area contributed by atoms with Crippen molar-refractivity contribution in [2.75, 3.05) is 23.0 Å². The van der Waals surface area contributed by atoms with Gasteiger partial charge in [0.05, 0.1) is 0 Å². The molecule has 3 rings (SSSR count). The monoisotopic (exact) mass is 286 g/mol. The fraction of sp³-hybridized carbons (Fsp3) is 0.500. The van der Waals surface area contributed by atoms with Crippen LogP contribution in [0.15, 0.2) is 34.1 Å². The van der Waals surface area contributed by atoms with E-state index in [0.29, 0.717) is 0 Å². The van der Waals surface area contributed by atoms with Crippen LogP contribution in [0.3, 0.4) is 0 Å². The fourth-order valence-electron chi connectivity index (χ4n) is 1.38. The standard InChI is InChI=1S/C12H14S4/c1-2-4-12(16-8-10-6-14-10)11(3-1)15-7-9-5-13-9/h1-4,9-10H,5-8H2. The summed E-state index contributed by atoms with van der Waals surface area (Å²) in [5.41, 5.74) is 0. The van der Waals surface area contributed by atoms with Crippen molar-refractivity contribution < 1.29 is 0 Å². The molecule has 2 unspecified atom stereocenters. The van der Waals surface area contributed by atoms with Crippen LogP contribution in [0.1, 0.15) is 0 Å². The van der Waals surface area contributed by atoms with Gasteiger partial charge in [0.25, 0.3) is 0 Å². The number of rotatable bonds is 6. The first-order chi connectivity index (χ1) is 7.92. The maximum atomic E-state index is 2.28. The third-order valence-electron chi connectivity index (χ3n) is 2.50. The minimum atomic E-state index is 0.932. The summed E-state index contributed by atoms with van der Waals surface area (Å²) in [6.45, 7) is 0. The number of hydrogen-bond acceptors (Lipinski definition) is 4. The molecule has 0 nitrogen and oxygen atoms in total. The molecule has 0 amide bonds. The molecule has 0 saturated carbocycles. The Balaban J connectivity index is 1.58. The Morgan fingerprint density at radius 2 is 1.38 bits per heavy atom. The molecule has 0 spiro atoms. The van der Waals surface area contributed by atoms with Crippen molar-refractivity contribution in [2.24, 2.45) is 0 Å². The first-order valence-electron chi connectivity index (χ1n) is 5.49. The largest absolute Gasteiger partial charge is 0.156 e. The number of benzene rings is 1. The summed E-state index contributed by atoms with van der Waals surface area (Å²) in [5.74, 6) is 5.34. The molecule has 2 saturated heterocycles. The molecule has 2 heterocycles. The van der Waals surface area contributed by atoms with E-state index >= 15 is 0 Å². The van der Waals surface area contributed by atoms with Crippen molar-refractivity contribution in [3.05, 3.63) is 24.3 Å². The molecule has 0 aromatic heterocycles. The molecule has 2 aliphatic rings. The molecule has 4 heteroatoms. The third kappa shape index (κ3) is 3.56. The first kappa shape index (κ1) is 11.7. The van der Waals surface area contributed by atoms with Crippen LogP contribution in [-0.2, 0) is 0 Å². The summed E-state index contributed by atoms with van der Waals surface area (Å²) in [5, 5.41) is 1.86. The molecule has 0 aliphatic carbocycles. The van der Waals surface area contributed by atoms with Crippen LogP contribution in [0.2, 0.25) is 0 Å². The second-order valence-electron chi connectivity index (χ2n) is 3.98. The van der Waals surface area contributed by atoms with Gasteiger partial charge in [0, 0.05) is 43.3 Å². The second-order valence-corrected chi connectivity index (χ2v) is 8.77. The molecule has 86 valence electrons. The van der Waals surface area contributed by atoms with E-state index < -0.39 is 0 Å². The SMILES string of the molecule is c1ccc(SCC2CS2)c(SCC2CS2)c1. The Kier molecular flexibility index (Phi) is 4.03. The Labute approximate surface area is 114 Å². The topological polar surface area (TPSA) is 0 Å². The molecule has 2 aliphatic heterocycles. The molecular formula is C12H14S4. The van der Waals surface area contributed by atoms with E-state index in [2.05, 4.69) is 47.8 Å². The van der Waals surface area contributed by atoms with E-state index in [0.717, 1.165) is 10.5 Å². The van der Waals surface area contributed by atoms with Crippen molar-refractivity contribution >= 4 is 47.0 Å². The lowest BCUT2D eigenvalue weighted by Crippen LogP contribution is -1.91. The van der Waals surface area contributed by atoms with Gasteiger partial charge in [-0.3, -0.25) is 0 Å². The van der Waals surface area contributed by atoms with E-state index in [9.17, 15) is 0 Å². The van der Waals surface area contributed by atoms with Crippen molar-refractivity contribution in [1.29, 1.82) is 0 Å². The predicted octanol–water partition coefficient (Wildman–Crippen LogP) is 4.10. The number of hydrogen-bond donors (Lipinski definition) is 0. The summed E-state index contributed by atoms with van der Waals surface area (Å²) in [6.07, 6.45) is 0. The quantitative estimate of drug-likeness (QED) is 0.570. The van der Waals surface area contributed by atoms with Gasteiger partial charge in [0.15, 0.2) is 0 Å². The van der Waals surface area contributed by atoms with Crippen molar-refractivity contribution in [2.45, 2.75) is 20.3 Å². The number of thioether (sulfide) groups is 4. The summed E-state index contributed by atoms with van der Waals surface area (Å²) in [4.78, 5) is 2.98. The Morgan fingerprint density at radius 3 is 1.75 bits per heavy atom. The normalized spacial score (nSPS) is 26.8. The summed E-state index contributed by atoms with van der Waals surface area (Å²) >= 11 is 8.26. The van der Waals surface area contributed by atoms with E-state index in [-0.39, 0.29) is 0 Å². The van der Waals surface area contributed by atoms with Crippen molar-refractivity contribution in [3.63, 3.8) is 0 Å². The lowest BCUT2D eigenvalue weighted by molar-refractivity contribution is 1.20. The van der Waals surface area contributed by atoms with Gasteiger partial charge in [0.1, 0.15) is 0 Å². The average molecular weight is 287 g/mol. The molecule has 0 radical (unpaired) electrons. The van der Waals surface area contributed by atoms with Gasteiger partial charge in [-0.25, -0.2) is 0 Å². The van der Waals surface area contributed by atoms with Crippen LogP contribution >= 0.6 is 47.0 Å². The molecule has 1 aromatic rings.